The maximum absolute atomic E-state index is 12.8. The van der Waals surface area contributed by atoms with Gasteiger partial charge in [-0.1, -0.05) is 55.1 Å². The Balaban J connectivity index is 1.95. The van der Waals surface area contributed by atoms with Crippen LogP contribution in [0, 0.1) is 0 Å². The predicted octanol–water partition coefficient (Wildman–Crippen LogP) is 4.29. The van der Waals surface area contributed by atoms with E-state index in [1.807, 2.05) is 29.2 Å². The van der Waals surface area contributed by atoms with E-state index in [2.05, 4.69) is 4.98 Å². The Bertz CT molecular complexity index is 648. The molecule has 1 saturated heterocycles. The van der Waals surface area contributed by atoms with Gasteiger partial charge < -0.3 is 4.90 Å². The molecule has 0 N–H and O–H groups in total. The third kappa shape index (κ3) is 3.03. The molecule has 1 aliphatic rings. The van der Waals surface area contributed by atoms with Crippen molar-refractivity contribution in [2.24, 2.45) is 0 Å². The average Bonchev–Trinajstić information content (AvgIpc) is 2.47. The van der Waals surface area contributed by atoms with Crippen LogP contribution >= 0.6 is 11.6 Å². The van der Waals surface area contributed by atoms with Gasteiger partial charge in [-0.25, -0.2) is 4.98 Å². The molecule has 0 saturated carbocycles. The van der Waals surface area contributed by atoms with Crippen LogP contribution in [-0.4, -0.2) is 28.9 Å². The summed E-state index contributed by atoms with van der Waals surface area (Å²) in [6.07, 6.45) is 7.50. The minimum Gasteiger partial charge on any atom is -0.339 e. The lowest BCUT2D eigenvalue weighted by Crippen LogP contribution is -2.34. The van der Waals surface area contributed by atoms with Crippen LogP contribution in [0.15, 0.2) is 30.5 Å². The molecular formula is C17H19ClN2O. The molecule has 1 aromatic heterocycles. The molecule has 4 heteroatoms. The highest BCUT2D eigenvalue weighted by atomic mass is 35.5. The number of aromatic nitrogens is 1. The quantitative estimate of drug-likeness (QED) is 0.736. The number of rotatable bonds is 1. The van der Waals surface area contributed by atoms with Crippen LogP contribution in [0.1, 0.15) is 42.5 Å². The molecule has 110 valence electrons. The first-order valence-corrected chi connectivity index (χ1v) is 7.97. The smallest absolute Gasteiger partial charge is 0.256 e. The largest absolute Gasteiger partial charge is 0.339 e. The van der Waals surface area contributed by atoms with Gasteiger partial charge in [0.15, 0.2) is 0 Å². The van der Waals surface area contributed by atoms with Crippen LogP contribution in [0.4, 0.5) is 0 Å². The zero-order valence-electron chi connectivity index (χ0n) is 12.0. The summed E-state index contributed by atoms with van der Waals surface area (Å²) in [5.41, 5.74) is 0.663. The fraction of sp³-hybridized carbons (Fsp3) is 0.412. The van der Waals surface area contributed by atoms with E-state index in [-0.39, 0.29) is 5.91 Å². The summed E-state index contributed by atoms with van der Waals surface area (Å²) in [5, 5.41) is 2.19. The lowest BCUT2D eigenvalue weighted by atomic mass is 10.0. The molecule has 1 fully saturated rings. The summed E-state index contributed by atoms with van der Waals surface area (Å²) >= 11 is 6.13. The van der Waals surface area contributed by atoms with Crippen molar-refractivity contribution in [1.82, 2.24) is 9.88 Å². The van der Waals surface area contributed by atoms with Crippen LogP contribution in [0.3, 0.4) is 0 Å². The van der Waals surface area contributed by atoms with Crippen LogP contribution < -0.4 is 0 Å². The average molecular weight is 303 g/mol. The highest BCUT2D eigenvalue weighted by Gasteiger charge is 2.19. The Morgan fingerprint density at radius 2 is 1.62 bits per heavy atom. The SMILES string of the molecule is O=C(c1cnc(Cl)c2ccccc12)N1CCCCCCC1. The van der Waals surface area contributed by atoms with Gasteiger partial charge >= 0.3 is 0 Å². The van der Waals surface area contributed by atoms with E-state index in [9.17, 15) is 4.79 Å². The number of nitrogens with zero attached hydrogens (tertiary/aromatic N) is 2. The van der Waals surface area contributed by atoms with Crippen LogP contribution in [0.5, 0.6) is 0 Å². The summed E-state index contributed by atoms with van der Waals surface area (Å²) in [4.78, 5) is 19.0. The first-order chi connectivity index (χ1) is 10.3. The number of fused-ring (bicyclic) bond motifs is 1. The maximum atomic E-state index is 12.8. The molecule has 3 rings (SSSR count). The third-order valence-electron chi connectivity index (χ3n) is 4.12. The van der Waals surface area contributed by atoms with Gasteiger partial charge in [0.05, 0.1) is 5.56 Å². The second-order valence-electron chi connectivity index (χ2n) is 5.57. The Labute approximate surface area is 129 Å². The third-order valence-corrected chi connectivity index (χ3v) is 4.42. The summed E-state index contributed by atoms with van der Waals surface area (Å²) in [6.45, 7) is 1.69. The van der Waals surface area contributed by atoms with Crippen molar-refractivity contribution in [3.63, 3.8) is 0 Å². The van der Waals surface area contributed by atoms with Gasteiger partial charge in [-0.15, -0.1) is 0 Å². The molecule has 1 amide bonds. The van der Waals surface area contributed by atoms with Gasteiger partial charge in [0.2, 0.25) is 0 Å². The lowest BCUT2D eigenvalue weighted by Gasteiger charge is -2.25. The van der Waals surface area contributed by atoms with Gasteiger partial charge in [-0.3, -0.25) is 4.79 Å². The lowest BCUT2D eigenvalue weighted by molar-refractivity contribution is 0.0744. The summed E-state index contributed by atoms with van der Waals surface area (Å²) < 4.78 is 0. The van der Waals surface area contributed by atoms with E-state index < -0.39 is 0 Å². The fourth-order valence-corrected chi connectivity index (χ4v) is 3.16. The second kappa shape index (κ2) is 6.44. The Hall–Kier alpha value is -1.61. The van der Waals surface area contributed by atoms with Crippen molar-refractivity contribution in [1.29, 1.82) is 0 Å². The Morgan fingerprint density at radius 3 is 2.33 bits per heavy atom. The number of hydrogen-bond donors (Lipinski definition) is 0. The van der Waals surface area contributed by atoms with Crippen molar-refractivity contribution in [3.8, 4) is 0 Å². The molecule has 0 radical (unpaired) electrons. The van der Waals surface area contributed by atoms with E-state index >= 15 is 0 Å². The van der Waals surface area contributed by atoms with E-state index in [1.165, 1.54) is 19.3 Å². The standard InChI is InChI=1S/C17H19ClN2O/c18-16-14-9-5-4-8-13(14)15(12-19-16)17(21)20-10-6-2-1-3-7-11-20/h4-5,8-9,12H,1-3,6-7,10-11H2. The number of carbonyl (C=O) groups is 1. The van der Waals surface area contributed by atoms with E-state index in [0.29, 0.717) is 10.7 Å². The number of amides is 1. The van der Waals surface area contributed by atoms with Crippen LogP contribution in [0.2, 0.25) is 5.15 Å². The highest BCUT2D eigenvalue weighted by molar-refractivity contribution is 6.34. The molecule has 1 aliphatic heterocycles. The van der Waals surface area contributed by atoms with Crippen LogP contribution in [-0.2, 0) is 0 Å². The summed E-state index contributed by atoms with van der Waals surface area (Å²) in [5.74, 6) is 0.0808. The molecule has 3 nitrogen and oxygen atoms in total. The van der Waals surface area contributed by atoms with Crippen molar-refractivity contribution in [2.75, 3.05) is 13.1 Å². The first kappa shape index (κ1) is 14.3. The zero-order valence-corrected chi connectivity index (χ0v) is 12.8. The number of hydrogen-bond acceptors (Lipinski definition) is 2. The molecule has 21 heavy (non-hydrogen) atoms. The molecule has 0 bridgehead atoms. The zero-order chi connectivity index (χ0) is 14.7. The molecule has 0 aliphatic carbocycles. The van der Waals surface area contributed by atoms with E-state index in [0.717, 1.165) is 36.7 Å². The molecule has 2 aromatic rings. The van der Waals surface area contributed by atoms with Crippen molar-refractivity contribution in [2.45, 2.75) is 32.1 Å². The number of likely N-dealkylation sites (tertiary alicyclic amines) is 1. The number of pyridine rings is 1. The van der Waals surface area contributed by atoms with Gasteiger partial charge in [0, 0.05) is 24.7 Å². The van der Waals surface area contributed by atoms with Crippen molar-refractivity contribution >= 4 is 28.3 Å². The van der Waals surface area contributed by atoms with Gasteiger partial charge in [0.1, 0.15) is 5.15 Å². The molecule has 0 spiro atoms. The van der Waals surface area contributed by atoms with Gasteiger partial charge in [-0.05, 0) is 18.2 Å². The minimum absolute atomic E-state index is 0.0808. The monoisotopic (exact) mass is 302 g/mol. The van der Waals surface area contributed by atoms with Crippen molar-refractivity contribution < 1.29 is 4.79 Å². The predicted molar refractivity (Wildman–Crippen MR) is 85.7 cm³/mol. The summed E-state index contributed by atoms with van der Waals surface area (Å²) in [7, 11) is 0. The second-order valence-corrected chi connectivity index (χ2v) is 5.93. The normalized spacial score (nSPS) is 16.5. The molecule has 0 atom stereocenters. The van der Waals surface area contributed by atoms with Gasteiger partial charge in [0.25, 0.3) is 5.91 Å². The van der Waals surface area contributed by atoms with Crippen LogP contribution in [0.25, 0.3) is 10.8 Å². The van der Waals surface area contributed by atoms with Gasteiger partial charge in [-0.2, -0.15) is 0 Å². The Morgan fingerprint density at radius 1 is 1.00 bits per heavy atom. The number of benzene rings is 1. The topological polar surface area (TPSA) is 33.2 Å². The molecular weight excluding hydrogens is 284 g/mol. The minimum atomic E-state index is 0.0808. The number of halogens is 1. The Kier molecular flexibility index (Phi) is 4.39. The number of carbonyl (C=O) groups excluding carboxylic acids is 1. The van der Waals surface area contributed by atoms with E-state index in [1.54, 1.807) is 6.20 Å². The summed E-state index contributed by atoms with van der Waals surface area (Å²) in [6, 6.07) is 7.71. The molecule has 2 heterocycles. The van der Waals surface area contributed by atoms with Crippen molar-refractivity contribution in [3.05, 3.63) is 41.2 Å². The first-order valence-electron chi connectivity index (χ1n) is 7.60. The van der Waals surface area contributed by atoms with E-state index in [4.69, 9.17) is 11.6 Å². The maximum Gasteiger partial charge on any atom is 0.256 e. The molecule has 0 unspecified atom stereocenters. The fourth-order valence-electron chi connectivity index (χ4n) is 2.95. The highest BCUT2D eigenvalue weighted by Crippen LogP contribution is 2.25. The molecule has 1 aromatic carbocycles.